The molecule has 7 heteroatoms. The smallest absolute Gasteiger partial charge is 0.278 e. The van der Waals surface area contributed by atoms with Crippen LogP contribution < -0.4 is 14.8 Å². The molecular weight excluding hydrogens is 432 g/mol. The average molecular weight is 467 g/mol. The second-order valence-corrected chi connectivity index (χ2v) is 9.08. The summed E-state index contributed by atoms with van der Waals surface area (Å²) >= 11 is 0. The van der Waals surface area contributed by atoms with E-state index in [0.717, 1.165) is 5.69 Å². The minimum absolute atomic E-state index is 0.0130. The Hall–Kier alpha value is -3.32. The van der Waals surface area contributed by atoms with E-state index in [1.54, 1.807) is 25.3 Å². The van der Waals surface area contributed by atoms with Gasteiger partial charge in [-0.15, -0.1) is 0 Å². The first-order valence-corrected chi connectivity index (χ1v) is 11.5. The number of benzene rings is 2. The second-order valence-electron chi connectivity index (χ2n) is 9.08. The molecule has 1 aliphatic heterocycles. The van der Waals surface area contributed by atoms with Gasteiger partial charge in [0.1, 0.15) is 5.70 Å². The van der Waals surface area contributed by atoms with E-state index in [1.807, 2.05) is 31.2 Å². The van der Waals surface area contributed by atoms with Gasteiger partial charge in [0.05, 0.1) is 19.8 Å². The molecule has 0 fully saturated rings. The van der Waals surface area contributed by atoms with Gasteiger partial charge in [-0.2, -0.15) is 0 Å². The third kappa shape index (κ3) is 5.42. The molecule has 1 N–H and O–H groups in total. The van der Waals surface area contributed by atoms with E-state index in [1.165, 1.54) is 17.6 Å². The summed E-state index contributed by atoms with van der Waals surface area (Å²) in [7, 11) is 3.09. The SMILES string of the molecule is CCOCCCN1C(=O)C(Nc2ccc(C(C)(C)C)cc2)=C(c2ccc(OC)c(OC)c2)C1=O. The monoisotopic (exact) mass is 466 g/mol. The molecule has 0 spiro atoms. The zero-order valence-corrected chi connectivity index (χ0v) is 20.9. The first-order chi connectivity index (χ1) is 16.2. The molecule has 1 heterocycles. The van der Waals surface area contributed by atoms with Crippen LogP contribution in [0.1, 0.15) is 45.2 Å². The molecule has 0 atom stereocenters. The summed E-state index contributed by atoms with van der Waals surface area (Å²) < 4.78 is 16.1. The van der Waals surface area contributed by atoms with Gasteiger partial charge in [-0.3, -0.25) is 14.5 Å². The van der Waals surface area contributed by atoms with Crippen molar-refractivity contribution in [2.45, 2.75) is 39.5 Å². The van der Waals surface area contributed by atoms with Crippen molar-refractivity contribution < 1.29 is 23.8 Å². The van der Waals surface area contributed by atoms with Crippen LogP contribution in [0.2, 0.25) is 0 Å². The third-order valence-corrected chi connectivity index (χ3v) is 5.74. The van der Waals surface area contributed by atoms with Gasteiger partial charge in [0.15, 0.2) is 11.5 Å². The summed E-state index contributed by atoms with van der Waals surface area (Å²) in [6.07, 6.45) is 0.568. The van der Waals surface area contributed by atoms with Crippen molar-refractivity contribution in [2.75, 3.05) is 39.3 Å². The Kier molecular flexibility index (Phi) is 7.99. The molecule has 3 rings (SSSR count). The Labute approximate surface area is 201 Å². The molecule has 1 aliphatic rings. The number of methoxy groups -OCH3 is 2. The van der Waals surface area contributed by atoms with E-state index in [0.29, 0.717) is 42.3 Å². The van der Waals surface area contributed by atoms with Crippen molar-refractivity contribution in [1.29, 1.82) is 0 Å². The summed E-state index contributed by atoms with van der Waals surface area (Å²) in [5.74, 6) is 0.328. The molecule has 0 saturated heterocycles. The highest BCUT2D eigenvalue weighted by molar-refractivity contribution is 6.36. The fraction of sp³-hybridized carbons (Fsp3) is 0.407. The van der Waals surface area contributed by atoms with E-state index in [2.05, 4.69) is 26.1 Å². The molecule has 2 aromatic rings. The minimum Gasteiger partial charge on any atom is -0.493 e. The Morgan fingerprint density at radius 1 is 0.912 bits per heavy atom. The van der Waals surface area contributed by atoms with Crippen LogP contribution in [-0.4, -0.2) is 50.7 Å². The van der Waals surface area contributed by atoms with Crippen LogP contribution in [0.15, 0.2) is 48.2 Å². The number of hydrogen-bond donors (Lipinski definition) is 1. The second kappa shape index (κ2) is 10.7. The highest BCUT2D eigenvalue weighted by Crippen LogP contribution is 2.36. The van der Waals surface area contributed by atoms with Gasteiger partial charge in [-0.1, -0.05) is 39.0 Å². The number of carbonyl (C=O) groups excluding carboxylic acids is 2. The molecule has 182 valence electrons. The van der Waals surface area contributed by atoms with Gasteiger partial charge in [0, 0.05) is 25.4 Å². The number of imide groups is 1. The van der Waals surface area contributed by atoms with Crippen LogP contribution in [0.3, 0.4) is 0 Å². The molecule has 34 heavy (non-hydrogen) atoms. The number of anilines is 1. The van der Waals surface area contributed by atoms with Crippen molar-refractivity contribution in [3.63, 3.8) is 0 Å². The molecule has 0 radical (unpaired) electrons. The molecule has 2 amide bonds. The van der Waals surface area contributed by atoms with Gasteiger partial charge in [0.25, 0.3) is 11.8 Å². The highest BCUT2D eigenvalue weighted by atomic mass is 16.5. The molecule has 0 bridgehead atoms. The largest absolute Gasteiger partial charge is 0.493 e. The molecule has 0 aromatic heterocycles. The van der Waals surface area contributed by atoms with Gasteiger partial charge in [-0.05, 0) is 54.2 Å². The van der Waals surface area contributed by atoms with E-state index in [4.69, 9.17) is 14.2 Å². The topological polar surface area (TPSA) is 77.1 Å². The summed E-state index contributed by atoms with van der Waals surface area (Å²) in [4.78, 5) is 28.0. The molecule has 0 saturated carbocycles. The molecule has 0 unspecified atom stereocenters. The molecular formula is C27H34N2O5. The lowest BCUT2D eigenvalue weighted by molar-refractivity contribution is -0.137. The highest BCUT2D eigenvalue weighted by Gasteiger charge is 2.39. The molecule has 7 nitrogen and oxygen atoms in total. The van der Waals surface area contributed by atoms with Crippen molar-refractivity contribution >= 4 is 23.1 Å². The van der Waals surface area contributed by atoms with E-state index < -0.39 is 0 Å². The fourth-order valence-corrected chi connectivity index (χ4v) is 3.82. The van der Waals surface area contributed by atoms with Gasteiger partial charge < -0.3 is 19.5 Å². The Balaban J connectivity index is 1.99. The molecule has 2 aromatic carbocycles. The maximum absolute atomic E-state index is 13.4. The van der Waals surface area contributed by atoms with Crippen LogP contribution in [-0.2, 0) is 19.7 Å². The maximum Gasteiger partial charge on any atom is 0.278 e. The lowest BCUT2D eigenvalue weighted by Crippen LogP contribution is -2.34. The van der Waals surface area contributed by atoms with E-state index in [9.17, 15) is 9.59 Å². The summed E-state index contributed by atoms with van der Waals surface area (Å²) in [5.41, 5.74) is 3.06. The van der Waals surface area contributed by atoms with Gasteiger partial charge in [0.2, 0.25) is 0 Å². The lowest BCUT2D eigenvalue weighted by Gasteiger charge is -2.19. The Morgan fingerprint density at radius 2 is 1.59 bits per heavy atom. The zero-order valence-electron chi connectivity index (χ0n) is 20.9. The average Bonchev–Trinajstić information content (AvgIpc) is 3.05. The number of rotatable bonds is 10. The molecule has 0 aliphatic carbocycles. The first kappa shape index (κ1) is 25.3. The number of hydrogen-bond acceptors (Lipinski definition) is 6. The number of carbonyl (C=O) groups is 2. The fourth-order valence-electron chi connectivity index (χ4n) is 3.82. The van der Waals surface area contributed by atoms with E-state index in [-0.39, 0.29) is 29.5 Å². The normalized spacial score (nSPS) is 14.1. The lowest BCUT2D eigenvalue weighted by atomic mass is 9.87. The predicted octanol–water partition coefficient (Wildman–Crippen LogP) is 4.62. The summed E-state index contributed by atoms with van der Waals surface area (Å²) in [5, 5.41) is 3.21. The summed E-state index contributed by atoms with van der Waals surface area (Å²) in [6, 6.07) is 13.1. The maximum atomic E-state index is 13.4. The van der Waals surface area contributed by atoms with Crippen LogP contribution in [0.5, 0.6) is 11.5 Å². The van der Waals surface area contributed by atoms with Crippen molar-refractivity contribution in [2.24, 2.45) is 0 Å². The summed E-state index contributed by atoms with van der Waals surface area (Å²) in [6.45, 7) is 9.70. The van der Waals surface area contributed by atoms with Crippen molar-refractivity contribution in [3.8, 4) is 11.5 Å². The number of ether oxygens (including phenoxy) is 3. The Bertz CT molecular complexity index is 1070. The van der Waals surface area contributed by atoms with Crippen LogP contribution in [0, 0.1) is 0 Å². The number of amides is 2. The van der Waals surface area contributed by atoms with Crippen molar-refractivity contribution in [1.82, 2.24) is 4.90 Å². The van der Waals surface area contributed by atoms with Crippen molar-refractivity contribution in [3.05, 3.63) is 59.3 Å². The quantitative estimate of drug-likeness (QED) is 0.407. The van der Waals surface area contributed by atoms with Crippen LogP contribution in [0.25, 0.3) is 5.57 Å². The standard InChI is InChI=1S/C27H34N2O5/c1-7-34-16-8-15-29-25(30)23(18-9-14-21(32-5)22(17-18)33-6)24(26(29)31)28-20-12-10-19(11-13-20)27(2,3)4/h9-14,17,28H,7-8,15-16H2,1-6H3. The van der Waals surface area contributed by atoms with Gasteiger partial charge in [-0.25, -0.2) is 0 Å². The number of nitrogens with one attached hydrogen (secondary N) is 1. The zero-order chi connectivity index (χ0) is 24.9. The number of nitrogens with zero attached hydrogens (tertiary/aromatic N) is 1. The Morgan fingerprint density at radius 3 is 2.18 bits per heavy atom. The third-order valence-electron chi connectivity index (χ3n) is 5.74. The van der Waals surface area contributed by atoms with Crippen LogP contribution >= 0.6 is 0 Å². The predicted molar refractivity (Wildman–Crippen MR) is 133 cm³/mol. The van der Waals surface area contributed by atoms with Gasteiger partial charge >= 0.3 is 0 Å². The minimum atomic E-state index is -0.355. The first-order valence-electron chi connectivity index (χ1n) is 11.5. The van der Waals surface area contributed by atoms with E-state index >= 15 is 0 Å². The van der Waals surface area contributed by atoms with Crippen LogP contribution in [0.4, 0.5) is 5.69 Å².